The molecule has 0 radical (unpaired) electrons. The SMILES string of the molecule is Cc1ncsc1CCNCc1ccc(F)c(Cl)c1. The molecule has 0 bridgehead atoms. The van der Waals surface area contributed by atoms with Crippen LogP contribution in [0.5, 0.6) is 0 Å². The Balaban J connectivity index is 1.78. The summed E-state index contributed by atoms with van der Waals surface area (Å²) in [6.45, 7) is 3.58. The summed E-state index contributed by atoms with van der Waals surface area (Å²) in [6.07, 6.45) is 0.964. The number of thiazole rings is 1. The summed E-state index contributed by atoms with van der Waals surface area (Å²) < 4.78 is 13.0. The van der Waals surface area contributed by atoms with E-state index in [1.807, 2.05) is 12.4 Å². The highest BCUT2D eigenvalue weighted by Gasteiger charge is 2.02. The summed E-state index contributed by atoms with van der Waals surface area (Å²) in [7, 11) is 0. The van der Waals surface area contributed by atoms with Gasteiger partial charge in [-0.25, -0.2) is 9.37 Å². The fourth-order valence-corrected chi connectivity index (χ4v) is 2.63. The normalized spacial score (nSPS) is 10.8. The molecule has 1 aromatic carbocycles. The van der Waals surface area contributed by atoms with Crippen LogP contribution in [0.2, 0.25) is 5.02 Å². The Morgan fingerprint density at radius 2 is 2.28 bits per heavy atom. The number of aromatic nitrogens is 1. The summed E-state index contributed by atoms with van der Waals surface area (Å²) in [5.41, 5.74) is 3.96. The van der Waals surface area contributed by atoms with Crippen molar-refractivity contribution in [2.24, 2.45) is 0 Å². The van der Waals surface area contributed by atoms with E-state index in [0.717, 1.165) is 24.2 Å². The highest BCUT2D eigenvalue weighted by atomic mass is 35.5. The van der Waals surface area contributed by atoms with Crippen LogP contribution >= 0.6 is 22.9 Å². The first kappa shape index (κ1) is 13.5. The second-order valence-electron chi connectivity index (χ2n) is 4.04. The molecule has 96 valence electrons. The van der Waals surface area contributed by atoms with E-state index in [2.05, 4.69) is 10.3 Å². The molecule has 2 nitrogen and oxygen atoms in total. The minimum absolute atomic E-state index is 0.174. The number of hydrogen-bond acceptors (Lipinski definition) is 3. The molecule has 0 aliphatic heterocycles. The summed E-state index contributed by atoms with van der Waals surface area (Å²) >= 11 is 7.40. The lowest BCUT2D eigenvalue weighted by molar-refractivity contribution is 0.625. The molecule has 0 spiro atoms. The van der Waals surface area contributed by atoms with E-state index < -0.39 is 0 Å². The number of rotatable bonds is 5. The van der Waals surface area contributed by atoms with E-state index in [4.69, 9.17) is 11.6 Å². The average molecular weight is 285 g/mol. The van der Waals surface area contributed by atoms with Crippen molar-refractivity contribution >= 4 is 22.9 Å². The van der Waals surface area contributed by atoms with Gasteiger partial charge in [0.1, 0.15) is 5.82 Å². The van der Waals surface area contributed by atoms with Crippen LogP contribution in [0.15, 0.2) is 23.7 Å². The van der Waals surface area contributed by atoms with Gasteiger partial charge in [0.2, 0.25) is 0 Å². The van der Waals surface area contributed by atoms with Crippen molar-refractivity contribution in [2.75, 3.05) is 6.54 Å². The molecular formula is C13H14ClFN2S. The summed E-state index contributed by atoms with van der Waals surface area (Å²) in [6, 6.07) is 4.79. The van der Waals surface area contributed by atoms with Crippen molar-refractivity contribution < 1.29 is 4.39 Å². The van der Waals surface area contributed by atoms with Crippen molar-refractivity contribution in [3.8, 4) is 0 Å². The van der Waals surface area contributed by atoms with Crippen LogP contribution in [0.1, 0.15) is 16.1 Å². The molecule has 2 rings (SSSR count). The molecule has 5 heteroatoms. The van der Waals surface area contributed by atoms with E-state index in [1.165, 1.54) is 10.9 Å². The molecule has 0 saturated heterocycles. The van der Waals surface area contributed by atoms with Crippen LogP contribution < -0.4 is 5.32 Å². The fourth-order valence-electron chi connectivity index (χ4n) is 1.65. The topological polar surface area (TPSA) is 24.9 Å². The molecule has 0 unspecified atom stereocenters. The maximum Gasteiger partial charge on any atom is 0.141 e. The van der Waals surface area contributed by atoms with Gasteiger partial charge in [-0.05, 0) is 31.0 Å². The minimum Gasteiger partial charge on any atom is -0.312 e. The van der Waals surface area contributed by atoms with E-state index in [9.17, 15) is 4.39 Å². The van der Waals surface area contributed by atoms with Gasteiger partial charge in [-0.15, -0.1) is 11.3 Å². The molecular weight excluding hydrogens is 271 g/mol. The van der Waals surface area contributed by atoms with Gasteiger partial charge >= 0.3 is 0 Å². The standard InChI is InChI=1S/C13H14ClFN2S/c1-9-13(18-8-17-9)4-5-16-7-10-2-3-12(15)11(14)6-10/h2-3,6,8,16H,4-5,7H2,1H3. The van der Waals surface area contributed by atoms with Gasteiger partial charge in [0.15, 0.2) is 0 Å². The van der Waals surface area contributed by atoms with Crippen LogP contribution in [0.3, 0.4) is 0 Å². The molecule has 1 heterocycles. The first-order valence-corrected chi connectivity index (χ1v) is 6.96. The van der Waals surface area contributed by atoms with Gasteiger partial charge in [-0.1, -0.05) is 17.7 Å². The lowest BCUT2D eigenvalue weighted by atomic mass is 10.2. The Labute approximate surface area is 115 Å². The van der Waals surface area contributed by atoms with Crippen LogP contribution in [0.4, 0.5) is 4.39 Å². The molecule has 0 aliphatic rings. The van der Waals surface area contributed by atoms with Gasteiger partial charge in [-0.2, -0.15) is 0 Å². The van der Waals surface area contributed by atoms with E-state index in [-0.39, 0.29) is 10.8 Å². The largest absolute Gasteiger partial charge is 0.312 e. The Kier molecular flexibility index (Phi) is 4.69. The Morgan fingerprint density at radius 1 is 1.44 bits per heavy atom. The number of nitrogens with zero attached hydrogens (tertiary/aromatic N) is 1. The number of nitrogens with one attached hydrogen (secondary N) is 1. The zero-order valence-electron chi connectivity index (χ0n) is 10.0. The van der Waals surface area contributed by atoms with Crippen molar-refractivity contribution in [1.82, 2.24) is 10.3 Å². The third-order valence-corrected chi connectivity index (χ3v) is 3.97. The monoisotopic (exact) mass is 284 g/mol. The summed E-state index contributed by atoms with van der Waals surface area (Å²) in [5, 5.41) is 3.49. The summed E-state index contributed by atoms with van der Waals surface area (Å²) in [4.78, 5) is 5.51. The first-order chi connectivity index (χ1) is 8.66. The number of halogens is 2. The number of aryl methyl sites for hydroxylation is 1. The predicted octanol–water partition coefficient (Wildman–Crippen LogP) is 3.58. The van der Waals surface area contributed by atoms with Gasteiger partial charge in [0, 0.05) is 18.0 Å². The van der Waals surface area contributed by atoms with Crippen LogP contribution in [0, 0.1) is 12.7 Å². The molecule has 1 aromatic heterocycles. The zero-order chi connectivity index (χ0) is 13.0. The summed E-state index contributed by atoms with van der Waals surface area (Å²) in [5.74, 6) is -0.374. The first-order valence-electron chi connectivity index (χ1n) is 5.70. The maximum absolute atomic E-state index is 13.0. The van der Waals surface area contributed by atoms with E-state index in [1.54, 1.807) is 23.5 Å². The predicted molar refractivity (Wildman–Crippen MR) is 73.7 cm³/mol. The number of hydrogen-bond donors (Lipinski definition) is 1. The number of benzene rings is 1. The second-order valence-corrected chi connectivity index (χ2v) is 5.38. The molecule has 1 N–H and O–H groups in total. The minimum atomic E-state index is -0.374. The third-order valence-electron chi connectivity index (χ3n) is 2.69. The van der Waals surface area contributed by atoms with Crippen molar-refractivity contribution in [3.63, 3.8) is 0 Å². The quantitative estimate of drug-likeness (QED) is 0.849. The molecule has 0 fully saturated rings. The van der Waals surface area contributed by atoms with Crippen molar-refractivity contribution in [3.05, 3.63) is 50.7 Å². The van der Waals surface area contributed by atoms with Gasteiger partial charge in [0.25, 0.3) is 0 Å². The van der Waals surface area contributed by atoms with Gasteiger partial charge in [-0.3, -0.25) is 0 Å². The average Bonchev–Trinajstić information content (AvgIpc) is 2.75. The van der Waals surface area contributed by atoms with Crippen LogP contribution in [-0.2, 0) is 13.0 Å². The van der Waals surface area contributed by atoms with Gasteiger partial charge in [0.05, 0.1) is 16.2 Å². The highest BCUT2D eigenvalue weighted by Crippen LogP contribution is 2.16. The lowest BCUT2D eigenvalue weighted by Crippen LogP contribution is -2.16. The second kappa shape index (κ2) is 6.27. The van der Waals surface area contributed by atoms with Crippen LogP contribution in [-0.4, -0.2) is 11.5 Å². The Hall–Kier alpha value is -0.970. The molecule has 2 aromatic rings. The maximum atomic E-state index is 13.0. The zero-order valence-corrected chi connectivity index (χ0v) is 11.6. The lowest BCUT2D eigenvalue weighted by Gasteiger charge is -2.05. The van der Waals surface area contributed by atoms with Gasteiger partial charge < -0.3 is 5.32 Å². The molecule has 0 amide bonds. The molecule has 0 aliphatic carbocycles. The van der Waals surface area contributed by atoms with Crippen LogP contribution in [0.25, 0.3) is 0 Å². The smallest absolute Gasteiger partial charge is 0.141 e. The molecule has 0 saturated carbocycles. The highest BCUT2D eigenvalue weighted by molar-refractivity contribution is 7.09. The Bertz CT molecular complexity index is 527. The van der Waals surface area contributed by atoms with Crippen molar-refractivity contribution in [2.45, 2.75) is 19.9 Å². The van der Waals surface area contributed by atoms with E-state index in [0.29, 0.717) is 6.54 Å². The molecule has 0 atom stereocenters. The van der Waals surface area contributed by atoms with E-state index >= 15 is 0 Å². The third kappa shape index (κ3) is 3.51. The Morgan fingerprint density at radius 3 is 2.94 bits per heavy atom. The molecule has 18 heavy (non-hydrogen) atoms. The fraction of sp³-hybridized carbons (Fsp3) is 0.308. The van der Waals surface area contributed by atoms with Crippen molar-refractivity contribution in [1.29, 1.82) is 0 Å².